The van der Waals surface area contributed by atoms with E-state index in [1.165, 1.54) is 23.8 Å². The lowest BCUT2D eigenvalue weighted by Gasteiger charge is -2.32. The van der Waals surface area contributed by atoms with Crippen LogP contribution in [0.15, 0.2) is 24.3 Å². The average Bonchev–Trinajstić information content (AvgIpc) is 2.86. The Morgan fingerprint density at radius 2 is 1.87 bits per heavy atom. The summed E-state index contributed by atoms with van der Waals surface area (Å²) >= 11 is 0. The van der Waals surface area contributed by atoms with E-state index >= 15 is 0 Å². The summed E-state index contributed by atoms with van der Waals surface area (Å²) in [5.74, 6) is 0.349. The van der Waals surface area contributed by atoms with E-state index in [1.807, 2.05) is 12.1 Å². The average molecular weight is 319 g/mol. The third kappa shape index (κ3) is 4.31. The normalized spacial score (nSPS) is 25.9. The number of nitrogens with one attached hydrogen (secondary N) is 1. The molecule has 1 N–H and O–H groups in total. The Kier molecular flexibility index (Phi) is 5.65. The number of carbonyl (C=O) groups excluding carboxylic acids is 1. The van der Waals surface area contributed by atoms with E-state index in [-0.39, 0.29) is 11.7 Å². The molecular formula is C19H28FN2O+. The van der Waals surface area contributed by atoms with Crippen molar-refractivity contribution in [2.45, 2.75) is 45.1 Å². The molecule has 2 saturated heterocycles. The Morgan fingerprint density at radius 3 is 2.61 bits per heavy atom. The number of rotatable bonds is 3. The molecule has 1 aromatic carbocycles. The van der Waals surface area contributed by atoms with Crippen molar-refractivity contribution in [2.75, 3.05) is 26.2 Å². The number of piperidine rings is 1. The molecule has 2 aliphatic heterocycles. The van der Waals surface area contributed by atoms with Crippen molar-refractivity contribution in [1.82, 2.24) is 4.90 Å². The van der Waals surface area contributed by atoms with E-state index < -0.39 is 0 Å². The zero-order valence-corrected chi connectivity index (χ0v) is 13.9. The van der Waals surface area contributed by atoms with Gasteiger partial charge in [0.05, 0.1) is 19.0 Å². The first-order valence-corrected chi connectivity index (χ1v) is 9.10. The Morgan fingerprint density at radius 1 is 1.13 bits per heavy atom. The van der Waals surface area contributed by atoms with Gasteiger partial charge in [0.25, 0.3) is 0 Å². The van der Waals surface area contributed by atoms with E-state index in [4.69, 9.17) is 0 Å². The monoisotopic (exact) mass is 319 g/mol. The molecule has 0 saturated carbocycles. The van der Waals surface area contributed by atoms with Gasteiger partial charge in [0.1, 0.15) is 12.4 Å². The highest BCUT2D eigenvalue weighted by molar-refractivity contribution is 5.79. The molecule has 126 valence electrons. The van der Waals surface area contributed by atoms with Crippen molar-refractivity contribution in [2.24, 2.45) is 5.92 Å². The van der Waals surface area contributed by atoms with Crippen LogP contribution in [-0.2, 0) is 11.3 Å². The fraction of sp³-hybridized carbons (Fsp3) is 0.632. The van der Waals surface area contributed by atoms with Gasteiger partial charge in [0, 0.05) is 18.7 Å². The van der Waals surface area contributed by atoms with E-state index in [0.29, 0.717) is 12.5 Å². The summed E-state index contributed by atoms with van der Waals surface area (Å²) in [4.78, 5) is 16.2. The SMILES string of the molecule is O=C([C@H]1CCC[NH+](Cc2ccccc2F)C1)N1CCCCCC1. The first-order valence-electron chi connectivity index (χ1n) is 9.10. The van der Waals surface area contributed by atoms with Crippen LogP contribution in [0.3, 0.4) is 0 Å². The molecule has 0 spiro atoms. The van der Waals surface area contributed by atoms with E-state index in [0.717, 1.165) is 57.4 Å². The molecule has 4 heteroatoms. The molecule has 1 amide bonds. The Bertz CT molecular complexity index is 526. The van der Waals surface area contributed by atoms with Crippen LogP contribution in [0.5, 0.6) is 0 Å². The summed E-state index contributed by atoms with van der Waals surface area (Å²) in [5.41, 5.74) is 0.769. The minimum absolute atomic E-state index is 0.124. The zero-order chi connectivity index (χ0) is 16.1. The van der Waals surface area contributed by atoms with Gasteiger partial charge in [-0.2, -0.15) is 0 Å². The lowest BCUT2D eigenvalue weighted by Crippen LogP contribution is -3.12. The summed E-state index contributed by atoms with van der Waals surface area (Å²) < 4.78 is 13.8. The van der Waals surface area contributed by atoms with Gasteiger partial charge in [-0.1, -0.05) is 31.0 Å². The minimum atomic E-state index is -0.124. The smallest absolute Gasteiger partial charge is 0.231 e. The Hall–Kier alpha value is -1.42. The maximum absolute atomic E-state index is 13.8. The van der Waals surface area contributed by atoms with Crippen molar-refractivity contribution in [3.63, 3.8) is 0 Å². The van der Waals surface area contributed by atoms with E-state index in [2.05, 4.69) is 4.90 Å². The molecule has 3 rings (SSSR count). The molecule has 0 aliphatic carbocycles. The number of quaternary nitrogens is 1. The summed E-state index contributed by atoms with van der Waals surface area (Å²) in [7, 11) is 0. The van der Waals surface area contributed by atoms with Gasteiger partial charge in [0.15, 0.2) is 0 Å². The molecule has 2 atom stereocenters. The number of carbonyl (C=O) groups is 1. The molecular weight excluding hydrogens is 291 g/mol. The molecule has 2 fully saturated rings. The van der Waals surface area contributed by atoms with Crippen molar-refractivity contribution in [1.29, 1.82) is 0 Å². The molecule has 23 heavy (non-hydrogen) atoms. The molecule has 3 nitrogen and oxygen atoms in total. The molecule has 0 aromatic heterocycles. The zero-order valence-electron chi connectivity index (χ0n) is 13.9. The topological polar surface area (TPSA) is 24.8 Å². The van der Waals surface area contributed by atoms with Crippen molar-refractivity contribution >= 4 is 5.91 Å². The Labute approximate surface area is 138 Å². The predicted molar refractivity (Wildman–Crippen MR) is 88.6 cm³/mol. The van der Waals surface area contributed by atoms with Gasteiger partial charge in [-0.3, -0.25) is 4.79 Å². The summed E-state index contributed by atoms with van der Waals surface area (Å²) in [6, 6.07) is 7.01. The van der Waals surface area contributed by atoms with Crippen molar-refractivity contribution in [3.8, 4) is 0 Å². The third-order valence-electron chi connectivity index (χ3n) is 5.28. The third-order valence-corrected chi connectivity index (χ3v) is 5.28. The number of amides is 1. The second kappa shape index (κ2) is 7.91. The quantitative estimate of drug-likeness (QED) is 0.906. The van der Waals surface area contributed by atoms with Gasteiger partial charge >= 0.3 is 0 Å². The second-order valence-corrected chi connectivity index (χ2v) is 7.05. The first kappa shape index (κ1) is 16.4. The second-order valence-electron chi connectivity index (χ2n) is 7.05. The standard InChI is InChI=1S/C19H27FN2O/c20-18-10-4-3-8-16(18)14-21-11-7-9-17(15-21)19(23)22-12-5-1-2-6-13-22/h3-4,8,10,17H,1-2,5-7,9,11-15H2/p+1/t17-/m0/s1. The number of benzene rings is 1. The fourth-order valence-electron chi connectivity index (χ4n) is 3.98. The number of likely N-dealkylation sites (tertiary alicyclic amines) is 2. The van der Waals surface area contributed by atoms with E-state index in [9.17, 15) is 9.18 Å². The highest BCUT2D eigenvalue weighted by Gasteiger charge is 2.32. The number of hydrogen-bond acceptors (Lipinski definition) is 1. The van der Waals surface area contributed by atoms with Crippen LogP contribution in [-0.4, -0.2) is 37.0 Å². The molecule has 0 radical (unpaired) electrons. The van der Waals surface area contributed by atoms with Gasteiger partial charge < -0.3 is 9.80 Å². The minimum Gasteiger partial charge on any atom is -0.342 e. The van der Waals surface area contributed by atoms with Crippen LogP contribution in [0.2, 0.25) is 0 Å². The number of hydrogen-bond donors (Lipinski definition) is 1. The van der Waals surface area contributed by atoms with Crippen molar-refractivity contribution < 1.29 is 14.1 Å². The van der Waals surface area contributed by atoms with Crippen LogP contribution in [0, 0.1) is 11.7 Å². The molecule has 2 heterocycles. The van der Waals surface area contributed by atoms with Gasteiger partial charge in [-0.15, -0.1) is 0 Å². The number of nitrogens with zero attached hydrogens (tertiary/aromatic N) is 1. The van der Waals surface area contributed by atoms with Gasteiger partial charge in [0.2, 0.25) is 5.91 Å². The van der Waals surface area contributed by atoms with Crippen LogP contribution in [0.4, 0.5) is 4.39 Å². The maximum Gasteiger partial charge on any atom is 0.231 e. The van der Waals surface area contributed by atoms with Crippen molar-refractivity contribution in [3.05, 3.63) is 35.6 Å². The van der Waals surface area contributed by atoms with Crippen LogP contribution >= 0.6 is 0 Å². The summed E-state index contributed by atoms with van der Waals surface area (Å²) in [6.07, 6.45) is 6.84. The lowest BCUT2D eigenvalue weighted by molar-refractivity contribution is -0.921. The van der Waals surface area contributed by atoms with Crippen LogP contribution in [0.25, 0.3) is 0 Å². The van der Waals surface area contributed by atoms with Crippen LogP contribution in [0.1, 0.15) is 44.1 Å². The fourth-order valence-corrected chi connectivity index (χ4v) is 3.98. The first-order chi connectivity index (χ1) is 11.2. The Balaban J connectivity index is 1.59. The summed E-state index contributed by atoms with van der Waals surface area (Å²) in [6.45, 7) is 4.44. The maximum atomic E-state index is 13.8. The van der Waals surface area contributed by atoms with Gasteiger partial charge in [-0.05, 0) is 31.7 Å². The largest absolute Gasteiger partial charge is 0.342 e. The van der Waals surface area contributed by atoms with Crippen LogP contribution < -0.4 is 4.90 Å². The highest BCUT2D eigenvalue weighted by atomic mass is 19.1. The number of halogens is 1. The molecule has 0 bridgehead atoms. The van der Waals surface area contributed by atoms with E-state index in [1.54, 1.807) is 6.07 Å². The predicted octanol–water partition coefficient (Wildman–Crippen LogP) is 2.02. The molecule has 1 aromatic rings. The molecule has 2 aliphatic rings. The molecule has 1 unspecified atom stereocenters. The summed E-state index contributed by atoms with van der Waals surface area (Å²) in [5, 5.41) is 0. The highest BCUT2D eigenvalue weighted by Crippen LogP contribution is 2.16. The van der Waals surface area contributed by atoms with Gasteiger partial charge in [-0.25, -0.2) is 4.39 Å². The lowest BCUT2D eigenvalue weighted by atomic mass is 9.96.